The van der Waals surface area contributed by atoms with E-state index in [1.807, 2.05) is 71.9 Å². The molecule has 0 radical (unpaired) electrons. The van der Waals surface area contributed by atoms with Crippen molar-refractivity contribution in [3.8, 4) is 0 Å². The van der Waals surface area contributed by atoms with Gasteiger partial charge >= 0.3 is 24.2 Å². The van der Waals surface area contributed by atoms with Gasteiger partial charge in [0.1, 0.15) is 12.7 Å². The number of piperidine rings is 1. The third-order valence-corrected chi connectivity index (χ3v) is 8.88. The molecule has 2 unspecified atom stereocenters. The Kier molecular flexibility index (Phi) is 14.3. The molecule has 4 rings (SSSR count). The van der Waals surface area contributed by atoms with Crippen molar-refractivity contribution in [3.63, 3.8) is 0 Å². The zero-order valence-corrected chi connectivity index (χ0v) is 29.2. The molecule has 1 aromatic carbocycles. The van der Waals surface area contributed by atoms with E-state index in [2.05, 4.69) is 0 Å². The van der Waals surface area contributed by atoms with Gasteiger partial charge in [0.05, 0.1) is 12.5 Å². The highest BCUT2D eigenvalue weighted by atomic mass is 16.6. The van der Waals surface area contributed by atoms with Gasteiger partial charge in [-0.25, -0.2) is 24.1 Å². The lowest BCUT2D eigenvalue weighted by Crippen LogP contribution is -2.70. The van der Waals surface area contributed by atoms with Crippen LogP contribution in [0.15, 0.2) is 30.3 Å². The number of hydrogen-bond acceptors (Lipinski definition) is 8. The van der Waals surface area contributed by atoms with Crippen LogP contribution in [-0.2, 0) is 30.4 Å². The predicted octanol–water partition coefficient (Wildman–Crippen LogP) is 5.40. The molecule has 3 atom stereocenters. The van der Waals surface area contributed by atoms with Gasteiger partial charge in [0, 0.05) is 39.3 Å². The van der Waals surface area contributed by atoms with E-state index < -0.39 is 36.0 Å². The van der Waals surface area contributed by atoms with Crippen LogP contribution in [-0.4, -0.2) is 108 Å². The van der Waals surface area contributed by atoms with Crippen molar-refractivity contribution in [2.24, 2.45) is 23.7 Å². The second kappa shape index (κ2) is 17.9. The van der Waals surface area contributed by atoms with Crippen molar-refractivity contribution in [2.45, 2.75) is 86.5 Å². The third-order valence-electron chi connectivity index (χ3n) is 8.88. The fourth-order valence-electron chi connectivity index (χ4n) is 6.54. The monoisotopic (exact) mass is 658 g/mol. The molecule has 3 saturated heterocycles. The average Bonchev–Trinajstić information content (AvgIpc) is 3.08. The summed E-state index contributed by atoms with van der Waals surface area (Å²) in [5.41, 5.74) is 0.795. The Labute approximate surface area is 279 Å². The van der Waals surface area contributed by atoms with Crippen LogP contribution in [0, 0.1) is 23.7 Å². The van der Waals surface area contributed by atoms with E-state index in [1.54, 1.807) is 16.7 Å². The third kappa shape index (κ3) is 9.60. The Bertz CT molecular complexity index is 1190. The van der Waals surface area contributed by atoms with Crippen LogP contribution < -0.4 is 0 Å². The first-order chi connectivity index (χ1) is 22.5. The largest absolute Gasteiger partial charge is 0.459 e. The Hall–Kier alpha value is -3.83. The molecule has 0 N–H and O–H groups in total. The molecule has 0 aromatic heterocycles. The van der Waals surface area contributed by atoms with Crippen molar-refractivity contribution < 1.29 is 38.2 Å². The zero-order valence-electron chi connectivity index (χ0n) is 29.2. The van der Waals surface area contributed by atoms with Gasteiger partial charge in [0.2, 0.25) is 5.91 Å². The summed E-state index contributed by atoms with van der Waals surface area (Å²) in [6, 6.07) is 7.59. The molecule has 5 amide bonds. The number of imide groups is 1. The summed E-state index contributed by atoms with van der Waals surface area (Å²) in [5, 5.41) is 0. The number of hydrogen-bond donors (Lipinski definition) is 0. The lowest BCUT2D eigenvalue weighted by atomic mass is 9.78. The average molecular weight is 659 g/mol. The van der Waals surface area contributed by atoms with Gasteiger partial charge in [-0.3, -0.25) is 4.79 Å². The Morgan fingerprint density at radius 1 is 0.830 bits per heavy atom. The van der Waals surface area contributed by atoms with E-state index in [-0.39, 0.29) is 69.3 Å². The molecule has 3 aliphatic heterocycles. The number of nitrogens with zero attached hydrogens (tertiary/aromatic N) is 4. The first kappa shape index (κ1) is 37.6. The van der Waals surface area contributed by atoms with E-state index in [9.17, 15) is 24.0 Å². The van der Waals surface area contributed by atoms with Crippen molar-refractivity contribution in [3.05, 3.63) is 35.9 Å². The lowest BCUT2D eigenvalue weighted by molar-refractivity contribution is -0.172. The molecule has 1 aromatic rings. The van der Waals surface area contributed by atoms with Crippen molar-refractivity contribution >= 4 is 30.1 Å². The number of piperazine rings is 1. The van der Waals surface area contributed by atoms with Gasteiger partial charge in [-0.1, -0.05) is 71.9 Å². The van der Waals surface area contributed by atoms with Crippen molar-refractivity contribution in [1.29, 1.82) is 0 Å². The van der Waals surface area contributed by atoms with E-state index in [1.165, 1.54) is 4.90 Å². The van der Waals surface area contributed by atoms with E-state index in [4.69, 9.17) is 14.2 Å². The fourth-order valence-corrected chi connectivity index (χ4v) is 6.54. The highest BCUT2D eigenvalue weighted by Crippen LogP contribution is 2.37. The minimum Gasteiger partial charge on any atom is -0.459 e. The Morgan fingerprint density at radius 3 is 2.04 bits per heavy atom. The first-order valence-corrected chi connectivity index (χ1v) is 17.2. The van der Waals surface area contributed by atoms with Crippen LogP contribution in [0.5, 0.6) is 0 Å². The van der Waals surface area contributed by atoms with E-state index in [0.717, 1.165) is 23.3 Å². The van der Waals surface area contributed by atoms with Gasteiger partial charge < -0.3 is 28.9 Å². The number of esters is 1. The molecule has 47 heavy (non-hydrogen) atoms. The Morgan fingerprint density at radius 2 is 1.45 bits per heavy atom. The van der Waals surface area contributed by atoms with Gasteiger partial charge in [-0.2, -0.15) is 0 Å². The summed E-state index contributed by atoms with van der Waals surface area (Å²) in [5.74, 6) is -1.47. The molecule has 3 aliphatic rings. The highest BCUT2D eigenvalue weighted by Gasteiger charge is 2.57. The van der Waals surface area contributed by atoms with E-state index >= 15 is 0 Å². The summed E-state index contributed by atoms with van der Waals surface area (Å²) in [6.07, 6.45) is 0.898. The number of urea groups is 1. The fraction of sp³-hybridized carbons (Fsp3) is 0.686. The number of carbonyl (C=O) groups is 5. The quantitative estimate of drug-likeness (QED) is 0.196. The first-order valence-electron chi connectivity index (χ1n) is 17.2. The number of amides is 5. The molecule has 0 aliphatic carbocycles. The summed E-state index contributed by atoms with van der Waals surface area (Å²) in [4.78, 5) is 71.6. The molecule has 12 heteroatoms. The molecule has 0 saturated carbocycles. The molecule has 12 nitrogen and oxygen atoms in total. The summed E-state index contributed by atoms with van der Waals surface area (Å²) in [7, 11) is 0. The molecule has 3 fully saturated rings. The number of ether oxygens (including phenoxy) is 3. The molecule has 0 bridgehead atoms. The van der Waals surface area contributed by atoms with Gasteiger partial charge in [0.25, 0.3) is 0 Å². The molecular formula is C35H54N4O8. The van der Waals surface area contributed by atoms with Crippen LogP contribution in [0.1, 0.15) is 73.3 Å². The summed E-state index contributed by atoms with van der Waals surface area (Å²) < 4.78 is 16.6. The second-order valence-corrected chi connectivity index (χ2v) is 12.8. The number of rotatable bonds is 9. The number of carbonyl (C=O) groups excluding carboxylic acids is 5. The molecule has 0 spiro atoms. The van der Waals surface area contributed by atoms with E-state index in [0.29, 0.717) is 19.5 Å². The number of likely N-dealkylation sites (tertiary alicyclic amines) is 2. The maximum absolute atomic E-state index is 13.7. The van der Waals surface area contributed by atoms with Gasteiger partial charge in [-0.05, 0) is 49.5 Å². The molecule has 262 valence electrons. The van der Waals surface area contributed by atoms with Crippen LogP contribution in [0.3, 0.4) is 0 Å². The smallest absolute Gasteiger partial charge is 0.410 e. The molecular weight excluding hydrogens is 604 g/mol. The molecule has 3 heterocycles. The lowest BCUT2D eigenvalue weighted by Gasteiger charge is -2.48. The summed E-state index contributed by atoms with van der Waals surface area (Å²) in [6.45, 7) is 16.0. The zero-order chi connectivity index (χ0) is 34.7. The SMILES string of the molecule is CC.CCOC(=O)N1CCCC(C[C@H]2C(=O)N(C(=O)N3CCN(C(=O)OC(C(C)C)C(C)C)CC3)C2C(=O)OCc2ccccc2)C1. The maximum Gasteiger partial charge on any atom is 0.410 e. The van der Waals surface area contributed by atoms with Crippen LogP contribution in [0.25, 0.3) is 0 Å². The minimum atomic E-state index is -1.06. The van der Waals surface area contributed by atoms with Gasteiger partial charge in [0.15, 0.2) is 6.04 Å². The highest BCUT2D eigenvalue weighted by molar-refractivity contribution is 6.07. The van der Waals surface area contributed by atoms with Crippen molar-refractivity contribution in [2.75, 3.05) is 45.9 Å². The number of β-lactam (4-membered cyclic amide) rings is 1. The van der Waals surface area contributed by atoms with Crippen LogP contribution in [0.2, 0.25) is 0 Å². The Balaban J connectivity index is 0.00000294. The minimum absolute atomic E-state index is 0.0196. The van der Waals surface area contributed by atoms with Gasteiger partial charge in [-0.15, -0.1) is 0 Å². The normalized spacial score (nSPS) is 21.2. The second-order valence-electron chi connectivity index (χ2n) is 12.8. The van der Waals surface area contributed by atoms with Crippen molar-refractivity contribution in [1.82, 2.24) is 19.6 Å². The topological polar surface area (TPSA) is 126 Å². The van der Waals surface area contributed by atoms with Crippen LogP contribution >= 0.6 is 0 Å². The standard InChI is InChI=1S/C33H48N4O8.C2H6/c1-6-43-32(41)36-14-10-13-25(20-36)19-26-27(30(39)44-21-24-11-8-7-9-12-24)37(29(26)38)31(40)34-15-17-35(18-16-34)33(42)45-28(22(2)3)23(4)5;1-2/h7-9,11-12,22-23,25-28H,6,10,13-21H2,1-5H3;1-2H3/t25?,26-,27?;/m1./s1. The van der Waals surface area contributed by atoms with Crippen LogP contribution in [0.4, 0.5) is 14.4 Å². The summed E-state index contributed by atoms with van der Waals surface area (Å²) >= 11 is 0. The maximum atomic E-state index is 13.7. The predicted molar refractivity (Wildman–Crippen MR) is 176 cm³/mol. The number of benzene rings is 1.